The van der Waals surface area contributed by atoms with E-state index in [0.29, 0.717) is 19.1 Å². The van der Waals surface area contributed by atoms with Gasteiger partial charge in [0.15, 0.2) is 23.1 Å². The Morgan fingerprint density at radius 1 is 1.21 bits per heavy atom. The second kappa shape index (κ2) is 7.41. The molecule has 2 atom stereocenters. The predicted molar refractivity (Wildman–Crippen MR) is 107 cm³/mol. The molecule has 28 heavy (non-hydrogen) atoms. The Hall–Kier alpha value is -2.64. The van der Waals surface area contributed by atoms with Crippen molar-refractivity contribution in [2.75, 3.05) is 19.9 Å². The lowest BCUT2D eigenvalue weighted by molar-refractivity contribution is -0.910. The number of hydrogen-bond donors (Lipinski definition) is 2. The fourth-order valence-corrected chi connectivity index (χ4v) is 5.14. The van der Waals surface area contributed by atoms with Crippen molar-refractivity contribution >= 4 is 27.5 Å². The second-order valence-electron chi connectivity index (χ2n) is 7.26. The summed E-state index contributed by atoms with van der Waals surface area (Å²) < 4.78 is 11.9. The Balaban J connectivity index is 1.21. The van der Waals surface area contributed by atoms with Crippen LogP contribution in [0.2, 0.25) is 0 Å². The van der Waals surface area contributed by atoms with E-state index in [9.17, 15) is 4.79 Å². The van der Waals surface area contributed by atoms with Crippen molar-refractivity contribution in [1.29, 1.82) is 0 Å². The van der Waals surface area contributed by atoms with Crippen LogP contribution in [0.15, 0.2) is 42.5 Å². The fraction of sp³-hybridized carbons (Fsp3) is 0.333. The molecule has 0 radical (unpaired) electrons. The van der Waals surface area contributed by atoms with Crippen LogP contribution in [0.5, 0.6) is 11.5 Å². The van der Waals surface area contributed by atoms with Gasteiger partial charge in [0, 0.05) is 19.4 Å². The van der Waals surface area contributed by atoms with Crippen molar-refractivity contribution in [1.82, 2.24) is 10.3 Å². The first-order valence-electron chi connectivity index (χ1n) is 9.61. The molecule has 2 aliphatic heterocycles. The third-order valence-electron chi connectivity index (χ3n) is 5.41. The van der Waals surface area contributed by atoms with Crippen molar-refractivity contribution in [3.05, 3.63) is 53.0 Å². The van der Waals surface area contributed by atoms with E-state index in [1.54, 1.807) is 11.3 Å². The highest BCUT2D eigenvalue weighted by Gasteiger charge is 2.33. The van der Waals surface area contributed by atoms with Gasteiger partial charge >= 0.3 is 0 Å². The van der Waals surface area contributed by atoms with E-state index in [1.807, 2.05) is 30.3 Å². The number of quaternary nitrogens is 1. The number of nitrogens with one attached hydrogen (secondary N) is 2. The summed E-state index contributed by atoms with van der Waals surface area (Å²) in [6, 6.07) is 14.3. The van der Waals surface area contributed by atoms with E-state index in [0.717, 1.165) is 47.0 Å². The average molecular weight is 396 g/mol. The monoisotopic (exact) mass is 396 g/mol. The highest BCUT2D eigenvalue weighted by molar-refractivity contribution is 7.18. The topological polar surface area (TPSA) is 64.9 Å². The Kier molecular flexibility index (Phi) is 4.62. The lowest BCUT2D eigenvalue weighted by Gasteiger charge is -2.19. The average Bonchev–Trinajstić information content (AvgIpc) is 3.44. The summed E-state index contributed by atoms with van der Waals surface area (Å²) in [4.78, 5) is 18.7. The Morgan fingerprint density at radius 2 is 2.11 bits per heavy atom. The molecule has 2 aromatic carbocycles. The summed E-state index contributed by atoms with van der Waals surface area (Å²) in [6.45, 7) is 2.24. The fourth-order valence-electron chi connectivity index (χ4n) is 3.98. The lowest BCUT2D eigenvalue weighted by atomic mass is 10.2. The number of carbonyl (C=O) groups excluding carboxylic acids is 1. The highest BCUT2D eigenvalue weighted by Crippen LogP contribution is 2.32. The number of fused-ring (bicyclic) bond motifs is 2. The number of hydrogen-bond acceptors (Lipinski definition) is 5. The number of thiazole rings is 1. The molecule has 0 bridgehead atoms. The number of ether oxygens (including phenoxy) is 2. The van der Waals surface area contributed by atoms with E-state index < -0.39 is 0 Å². The Labute approximate surface area is 167 Å². The van der Waals surface area contributed by atoms with Crippen LogP contribution >= 0.6 is 11.3 Å². The molecule has 6 nitrogen and oxygen atoms in total. The molecule has 7 heteroatoms. The SMILES string of the molecule is O=C(C[NH+]1CCC[C@H]1c1nc2ccccc2s1)NCc1ccc2c(c1)OCO2. The summed E-state index contributed by atoms with van der Waals surface area (Å²) in [5.41, 5.74) is 2.07. The first kappa shape index (κ1) is 17.5. The number of nitrogens with zero attached hydrogens (tertiary/aromatic N) is 1. The molecular weight excluding hydrogens is 374 g/mol. The quantitative estimate of drug-likeness (QED) is 0.693. The van der Waals surface area contributed by atoms with Gasteiger partial charge in [-0.2, -0.15) is 0 Å². The molecule has 2 N–H and O–H groups in total. The van der Waals surface area contributed by atoms with Crippen molar-refractivity contribution in [3.8, 4) is 11.5 Å². The van der Waals surface area contributed by atoms with E-state index >= 15 is 0 Å². The van der Waals surface area contributed by atoms with Crippen LogP contribution in [0.3, 0.4) is 0 Å². The van der Waals surface area contributed by atoms with Crippen molar-refractivity contribution in [2.24, 2.45) is 0 Å². The lowest BCUT2D eigenvalue weighted by Crippen LogP contribution is -3.11. The smallest absolute Gasteiger partial charge is 0.275 e. The molecule has 0 spiro atoms. The number of carbonyl (C=O) groups is 1. The maximum atomic E-state index is 12.6. The van der Waals surface area contributed by atoms with Crippen LogP contribution in [0, 0.1) is 0 Å². The Bertz CT molecular complexity index is 986. The van der Waals surface area contributed by atoms with Crippen LogP contribution in [0.4, 0.5) is 0 Å². The highest BCUT2D eigenvalue weighted by atomic mass is 32.1. The van der Waals surface area contributed by atoms with Crippen molar-refractivity contribution in [3.63, 3.8) is 0 Å². The number of rotatable bonds is 5. The normalized spacial score (nSPS) is 20.6. The van der Waals surface area contributed by atoms with E-state index in [2.05, 4.69) is 17.4 Å². The van der Waals surface area contributed by atoms with Gasteiger partial charge in [-0.1, -0.05) is 18.2 Å². The molecule has 3 heterocycles. The van der Waals surface area contributed by atoms with Gasteiger partial charge in [0.1, 0.15) is 6.04 Å². The molecule has 1 fully saturated rings. The molecule has 1 aromatic heterocycles. The minimum Gasteiger partial charge on any atom is -0.454 e. The predicted octanol–water partition coefficient (Wildman–Crippen LogP) is 2.06. The number of aromatic nitrogens is 1. The van der Waals surface area contributed by atoms with Crippen LogP contribution in [-0.2, 0) is 11.3 Å². The molecule has 1 saturated heterocycles. The molecule has 5 rings (SSSR count). The van der Waals surface area contributed by atoms with E-state index in [4.69, 9.17) is 14.5 Å². The van der Waals surface area contributed by atoms with E-state index in [1.165, 1.54) is 9.60 Å². The number of amides is 1. The Morgan fingerprint density at radius 3 is 3.04 bits per heavy atom. The first-order chi connectivity index (χ1) is 13.8. The summed E-state index contributed by atoms with van der Waals surface area (Å²) in [5.74, 6) is 1.57. The molecule has 144 valence electrons. The summed E-state index contributed by atoms with van der Waals surface area (Å²) >= 11 is 1.76. The summed E-state index contributed by atoms with van der Waals surface area (Å²) in [6.07, 6.45) is 2.22. The molecule has 3 aromatic rings. The van der Waals surface area contributed by atoms with Gasteiger partial charge in [0.25, 0.3) is 5.91 Å². The third-order valence-corrected chi connectivity index (χ3v) is 6.56. The van der Waals surface area contributed by atoms with E-state index in [-0.39, 0.29) is 12.7 Å². The van der Waals surface area contributed by atoms with Crippen molar-refractivity contribution in [2.45, 2.75) is 25.4 Å². The minimum atomic E-state index is 0.0701. The van der Waals surface area contributed by atoms with Gasteiger partial charge in [-0.15, -0.1) is 11.3 Å². The van der Waals surface area contributed by atoms with Gasteiger partial charge in [0.05, 0.1) is 16.8 Å². The summed E-state index contributed by atoms with van der Waals surface area (Å²) in [7, 11) is 0. The molecule has 2 aliphatic rings. The van der Waals surface area contributed by atoms with Gasteiger partial charge in [-0.3, -0.25) is 4.79 Å². The maximum Gasteiger partial charge on any atom is 0.275 e. The second-order valence-corrected chi connectivity index (χ2v) is 8.33. The van der Waals surface area contributed by atoms with Crippen LogP contribution < -0.4 is 19.7 Å². The zero-order valence-corrected chi connectivity index (χ0v) is 16.3. The van der Waals surface area contributed by atoms with Gasteiger partial charge in [0.2, 0.25) is 6.79 Å². The van der Waals surface area contributed by atoms with Gasteiger partial charge in [-0.05, 0) is 29.8 Å². The third kappa shape index (κ3) is 3.43. The van der Waals surface area contributed by atoms with Crippen molar-refractivity contribution < 1.29 is 19.2 Å². The van der Waals surface area contributed by atoms with Gasteiger partial charge < -0.3 is 19.7 Å². The van der Waals surface area contributed by atoms with Crippen LogP contribution in [-0.4, -0.2) is 30.8 Å². The number of para-hydroxylation sites is 1. The summed E-state index contributed by atoms with van der Waals surface area (Å²) in [5, 5.41) is 4.19. The standard InChI is InChI=1S/C21H21N3O3S/c25-20(22-11-14-7-8-17-18(10-14)27-13-26-17)12-24-9-3-5-16(24)21-23-15-4-1-2-6-19(15)28-21/h1-2,4,6-8,10,16H,3,5,9,11-13H2,(H,22,25)/p+1/t16-/m0/s1. The largest absolute Gasteiger partial charge is 0.454 e. The molecule has 1 amide bonds. The number of benzene rings is 2. The van der Waals surface area contributed by atoms with Gasteiger partial charge in [-0.25, -0.2) is 4.98 Å². The first-order valence-corrected chi connectivity index (χ1v) is 10.4. The zero-order chi connectivity index (χ0) is 18.9. The van der Waals surface area contributed by atoms with Crippen LogP contribution in [0.25, 0.3) is 10.2 Å². The minimum absolute atomic E-state index is 0.0701. The molecule has 0 aliphatic carbocycles. The molecule has 1 unspecified atom stereocenters. The zero-order valence-electron chi connectivity index (χ0n) is 15.4. The maximum absolute atomic E-state index is 12.6. The molecular formula is C21H22N3O3S+. The van der Waals surface area contributed by atoms with Crippen LogP contribution in [0.1, 0.15) is 29.5 Å². The number of likely N-dealkylation sites (tertiary alicyclic amines) is 1. The molecule has 0 saturated carbocycles.